The minimum Gasteiger partial charge on any atom is -0.310 e. The zero-order valence-corrected chi connectivity index (χ0v) is 26.1. The van der Waals surface area contributed by atoms with Gasteiger partial charge >= 0.3 is 0 Å². The molecule has 8 aromatic rings. The zero-order valence-electron chi connectivity index (χ0n) is 25.3. The first-order valence-corrected chi connectivity index (χ1v) is 16.4. The fourth-order valence-corrected chi connectivity index (χ4v) is 8.66. The normalized spacial score (nSPS) is 13.3. The highest BCUT2D eigenvalue weighted by atomic mass is 32.1. The van der Waals surface area contributed by atoms with E-state index in [1.807, 2.05) is 11.3 Å². The molecule has 2 heteroatoms. The molecule has 9 rings (SSSR count). The average molecular weight is 594 g/mol. The molecule has 214 valence electrons. The van der Waals surface area contributed by atoms with Gasteiger partial charge in [-0.3, -0.25) is 0 Å². The first-order valence-electron chi connectivity index (χ1n) is 15.6. The summed E-state index contributed by atoms with van der Waals surface area (Å²) in [5, 5.41) is 5.26. The third-order valence-electron chi connectivity index (χ3n) is 9.66. The highest BCUT2D eigenvalue weighted by molar-refractivity contribution is 7.26. The van der Waals surface area contributed by atoms with Gasteiger partial charge in [0.25, 0.3) is 0 Å². The van der Waals surface area contributed by atoms with Gasteiger partial charge in [-0.1, -0.05) is 123 Å². The summed E-state index contributed by atoms with van der Waals surface area (Å²) in [5.74, 6) is 0. The van der Waals surface area contributed by atoms with Crippen LogP contribution in [0, 0.1) is 0 Å². The van der Waals surface area contributed by atoms with Crippen LogP contribution in [-0.4, -0.2) is 0 Å². The van der Waals surface area contributed by atoms with Crippen molar-refractivity contribution in [2.45, 2.75) is 19.3 Å². The lowest BCUT2D eigenvalue weighted by atomic mass is 9.82. The van der Waals surface area contributed by atoms with E-state index < -0.39 is 0 Å². The molecule has 1 heterocycles. The van der Waals surface area contributed by atoms with E-state index in [-0.39, 0.29) is 5.41 Å². The number of hydrogen-bond acceptors (Lipinski definition) is 2. The van der Waals surface area contributed by atoms with E-state index in [1.165, 1.54) is 75.7 Å². The van der Waals surface area contributed by atoms with Crippen molar-refractivity contribution in [1.82, 2.24) is 0 Å². The van der Waals surface area contributed by atoms with Crippen molar-refractivity contribution in [1.29, 1.82) is 0 Å². The molecule has 1 aliphatic carbocycles. The Hall–Kier alpha value is -5.18. The molecule has 0 aliphatic heterocycles. The topological polar surface area (TPSA) is 3.24 Å². The zero-order chi connectivity index (χ0) is 30.1. The highest BCUT2D eigenvalue weighted by Crippen LogP contribution is 2.52. The van der Waals surface area contributed by atoms with Crippen LogP contribution in [0.1, 0.15) is 25.0 Å². The van der Waals surface area contributed by atoms with Gasteiger partial charge in [0.1, 0.15) is 0 Å². The summed E-state index contributed by atoms with van der Waals surface area (Å²) < 4.78 is 2.66. The Morgan fingerprint density at radius 3 is 2.07 bits per heavy atom. The molecular formula is C43H31NS. The first-order chi connectivity index (χ1) is 22.1. The Balaban J connectivity index is 1.31. The SMILES string of the molecule is CC1(C)c2ccccc2-c2ccc(N(c3ccccc3)c3ccccc3-c3cccc4ccc5sc6ccccc6c5c34)cc21. The van der Waals surface area contributed by atoms with Gasteiger partial charge < -0.3 is 4.90 Å². The molecule has 0 amide bonds. The van der Waals surface area contributed by atoms with Crippen LogP contribution in [0.25, 0.3) is 53.2 Å². The number of nitrogens with zero attached hydrogens (tertiary/aromatic N) is 1. The molecule has 1 nitrogen and oxygen atoms in total. The molecule has 0 radical (unpaired) electrons. The molecule has 0 saturated heterocycles. The van der Waals surface area contributed by atoms with Crippen LogP contribution in [0.15, 0.2) is 152 Å². The minimum absolute atomic E-state index is 0.0783. The monoisotopic (exact) mass is 593 g/mol. The van der Waals surface area contributed by atoms with Crippen molar-refractivity contribution in [3.63, 3.8) is 0 Å². The van der Waals surface area contributed by atoms with Crippen LogP contribution in [0.5, 0.6) is 0 Å². The molecule has 0 bridgehead atoms. The fourth-order valence-electron chi connectivity index (χ4n) is 7.55. The van der Waals surface area contributed by atoms with Crippen LogP contribution >= 0.6 is 11.3 Å². The lowest BCUT2D eigenvalue weighted by Crippen LogP contribution is -2.16. The fraction of sp³-hybridized carbons (Fsp3) is 0.0698. The molecular weight excluding hydrogens is 563 g/mol. The summed E-state index contributed by atoms with van der Waals surface area (Å²) in [5.41, 5.74) is 11.3. The molecule has 0 unspecified atom stereocenters. The van der Waals surface area contributed by atoms with E-state index in [2.05, 4.69) is 170 Å². The molecule has 7 aromatic carbocycles. The Labute approximate surface area is 267 Å². The van der Waals surface area contributed by atoms with Gasteiger partial charge in [0.15, 0.2) is 0 Å². The summed E-state index contributed by atoms with van der Waals surface area (Å²) in [4.78, 5) is 2.44. The second-order valence-corrected chi connectivity index (χ2v) is 13.6. The Morgan fingerprint density at radius 1 is 0.467 bits per heavy atom. The van der Waals surface area contributed by atoms with Crippen molar-refractivity contribution in [3.05, 3.63) is 163 Å². The number of para-hydroxylation sites is 2. The summed E-state index contributed by atoms with van der Waals surface area (Å²) in [6, 6.07) is 55.8. The highest BCUT2D eigenvalue weighted by Gasteiger charge is 2.35. The largest absolute Gasteiger partial charge is 0.310 e. The maximum atomic E-state index is 2.44. The summed E-state index contributed by atoms with van der Waals surface area (Å²) >= 11 is 1.88. The number of benzene rings is 7. The van der Waals surface area contributed by atoms with E-state index in [0.29, 0.717) is 0 Å². The van der Waals surface area contributed by atoms with E-state index in [0.717, 1.165) is 5.69 Å². The van der Waals surface area contributed by atoms with Crippen molar-refractivity contribution < 1.29 is 0 Å². The maximum absolute atomic E-state index is 2.44. The van der Waals surface area contributed by atoms with E-state index in [9.17, 15) is 0 Å². The first kappa shape index (κ1) is 26.2. The van der Waals surface area contributed by atoms with Crippen LogP contribution in [0.2, 0.25) is 0 Å². The lowest BCUT2D eigenvalue weighted by molar-refractivity contribution is 0.660. The molecule has 45 heavy (non-hydrogen) atoms. The van der Waals surface area contributed by atoms with Gasteiger partial charge in [-0.2, -0.15) is 0 Å². The Kier molecular flexibility index (Phi) is 5.78. The molecule has 0 atom stereocenters. The molecule has 1 aliphatic rings. The molecule has 0 fully saturated rings. The standard InChI is InChI=1S/C43H31NS/c1-43(2)36-20-9-6-16-31(36)32-25-24-30(27-37(32)43)44(29-14-4-3-5-15-29)38-21-10-7-17-33(38)34-19-12-13-28-23-26-40-42(41(28)34)35-18-8-11-22-39(35)45-40/h3-27H,1-2H3. The van der Waals surface area contributed by atoms with Crippen molar-refractivity contribution in [3.8, 4) is 22.3 Å². The second-order valence-electron chi connectivity index (χ2n) is 12.5. The molecule has 0 spiro atoms. The van der Waals surface area contributed by atoms with Crippen molar-refractivity contribution in [2.24, 2.45) is 0 Å². The Bertz CT molecular complexity index is 2410. The van der Waals surface area contributed by atoms with E-state index in [1.54, 1.807) is 0 Å². The van der Waals surface area contributed by atoms with Gasteiger partial charge in [0.05, 0.1) is 5.69 Å². The van der Waals surface area contributed by atoms with Gasteiger partial charge in [-0.15, -0.1) is 11.3 Å². The average Bonchev–Trinajstić information content (AvgIpc) is 3.58. The predicted molar refractivity (Wildman–Crippen MR) is 195 cm³/mol. The number of anilines is 3. The summed E-state index contributed by atoms with van der Waals surface area (Å²) in [6.07, 6.45) is 0. The molecule has 0 saturated carbocycles. The summed E-state index contributed by atoms with van der Waals surface area (Å²) in [7, 11) is 0. The van der Waals surface area contributed by atoms with Crippen LogP contribution in [0.3, 0.4) is 0 Å². The minimum atomic E-state index is -0.0783. The molecule has 1 aromatic heterocycles. The van der Waals surface area contributed by atoms with E-state index >= 15 is 0 Å². The lowest BCUT2D eigenvalue weighted by Gasteiger charge is -2.30. The van der Waals surface area contributed by atoms with Gasteiger partial charge in [-0.05, 0) is 81.1 Å². The third-order valence-corrected chi connectivity index (χ3v) is 10.8. The quantitative estimate of drug-likeness (QED) is 0.196. The van der Waals surface area contributed by atoms with Gasteiger partial charge in [0, 0.05) is 42.5 Å². The number of fused-ring (bicyclic) bond motifs is 8. The van der Waals surface area contributed by atoms with Crippen LogP contribution in [-0.2, 0) is 5.41 Å². The van der Waals surface area contributed by atoms with Crippen molar-refractivity contribution >= 4 is 59.3 Å². The van der Waals surface area contributed by atoms with Gasteiger partial charge in [-0.25, -0.2) is 0 Å². The summed E-state index contributed by atoms with van der Waals surface area (Å²) in [6.45, 7) is 4.71. The predicted octanol–water partition coefficient (Wildman–Crippen LogP) is 12.7. The van der Waals surface area contributed by atoms with Crippen LogP contribution in [0.4, 0.5) is 17.1 Å². The Morgan fingerprint density at radius 2 is 1.18 bits per heavy atom. The van der Waals surface area contributed by atoms with Crippen LogP contribution < -0.4 is 4.90 Å². The number of thiophene rings is 1. The second kappa shape index (κ2) is 9.92. The third kappa shape index (κ3) is 3.92. The smallest absolute Gasteiger partial charge is 0.0540 e. The number of hydrogen-bond donors (Lipinski definition) is 0. The van der Waals surface area contributed by atoms with Gasteiger partial charge in [0.2, 0.25) is 0 Å². The number of rotatable bonds is 4. The molecule has 0 N–H and O–H groups in total. The maximum Gasteiger partial charge on any atom is 0.0540 e. The van der Waals surface area contributed by atoms with Crippen molar-refractivity contribution in [2.75, 3.05) is 4.90 Å². The van der Waals surface area contributed by atoms with E-state index in [4.69, 9.17) is 0 Å².